The monoisotopic (exact) mass is 632 g/mol. The summed E-state index contributed by atoms with van der Waals surface area (Å²) in [4.78, 5) is 30.0. The molecule has 1 atom stereocenters. The van der Waals surface area contributed by atoms with Crippen LogP contribution in [-0.4, -0.2) is 75.4 Å². The first-order chi connectivity index (χ1) is 21.8. The van der Waals surface area contributed by atoms with E-state index in [4.69, 9.17) is 26.1 Å². The second-order valence-corrected chi connectivity index (χ2v) is 10.6. The van der Waals surface area contributed by atoms with Crippen LogP contribution in [0.5, 0.6) is 17.2 Å². The van der Waals surface area contributed by atoms with E-state index in [1.807, 2.05) is 48.7 Å². The number of halogens is 1. The van der Waals surface area contributed by atoms with Gasteiger partial charge in [0, 0.05) is 29.2 Å². The van der Waals surface area contributed by atoms with E-state index in [0.29, 0.717) is 34.7 Å². The van der Waals surface area contributed by atoms with E-state index in [2.05, 4.69) is 20.8 Å². The number of carbonyl (C=O) groups excluding carboxylic acids is 2. The number of fused-ring (bicyclic) bond motifs is 3. The summed E-state index contributed by atoms with van der Waals surface area (Å²) in [5, 5.41) is 34.2. The van der Waals surface area contributed by atoms with Crippen LogP contribution in [0.3, 0.4) is 0 Å². The second kappa shape index (κ2) is 14.2. The lowest BCUT2D eigenvalue weighted by Crippen LogP contribution is -2.27. The van der Waals surface area contributed by atoms with Crippen molar-refractivity contribution in [2.75, 3.05) is 32.9 Å². The zero-order valence-corrected chi connectivity index (χ0v) is 25.5. The number of nitrogens with zero attached hydrogens (tertiary/aromatic N) is 4. The van der Waals surface area contributed by atoms with Crippen molar-refractivity contribution in [1.82, 2.24) is 25.4 Å². The smallest absolute Gasteiger partial charge is 0.255 e. The fourth-order valence-corrected chi connectivity index (χ4v) is 5.08. The molecule has 234 valence electrons. The molecule has 0 spiro atoms. The molecule has 0 fully saturated rings. The largest absolute Gasteiger partial charge is 0.504 e. The molecule has 0 aliphatic carbocycles. The highest BCUT2D eigenvalue weighted by molar-refractivity contribution is 6.30. The van der Waals surface area contributed by atoms with Crippen LogP contribution < -0.4 is 15.4 Å². The molecular formula is C32H33ClN6O6. The average Bonchev–Trinajstić information content (AvgIpc) is 3.35. The maximum absolute atomic E-state index is 12.7. The van der Waals surface area contributed by atoms with Crippen LogP contribution in [0.15, 0.2) is 65.7 Å². The van der Waals surface area contributed by atoms with Gasteiger partial charge in [-0.15, -0.1) is 10.2 Å². The Morgan fingerprint density at radius 3 is 2.58 bits per heavy atom. The summed E-state index contributed by atoms with van der Waals surface area (Å²) in [5.41, 5.74) is 3.04. The van der Waals surface area contributed by atoms with Gasteiger partial charge in [-0.1, -0.05) is 29.8 Å². The molecule has 0 unspecified atom stereocenters. The first kappa shape index (κ1) is 31.5. The number of amides is 2. The van der Waals surface area contributed by atoms with Crippen LogP contribution in [0.4, 0.5) is 0 Å². The molecule has 5 rings (SSSR count). The van der Waals surface area contributed by atoms with Crippen LogP contribution in [0.25, 0.3) is 5.69 Å². The molecule has 0 saturated heterocycles. The Morgan fingerprint density at radius 2 is 1.80 bits per heavy atom. The molecule has 1 aliphatic rings. The minimum atomic E-state index is -0.578. The van der Waals surface area contributed by atoms with Gasteiger partial charge < -0.3 is 30.3 Å². The number of ether oxygens (including phenoxy) is 2. The number of hydrogen-bond acceptors (Lipinski definition) is 9. The highest BCUT2D eigenvalue weighted by atomic mass is 35.5. The lowest BCUT2D eigenvalue weighted by Gasteiger charge is -2.15. The average molecular weight is 633 g/mol. The Hall–Kier alpha value is -4.94. The van der Waals surface area contributed by atoms with Gasteiger partial charge in [-0.25, -0.2) is 0 Å². The Morgan fingerprint density at radius 1 is 1.00 bits per heavy atom. The normalized spacial score (nSPS) is 13.7. The number of aromatic nitrogens is 3. The summed E-state index contributed by atoms with van der Waals surface area (Å²) in [6.07, 6.45) is 0.104. The lowest BCUT2D eigenvalue weighted by molar-refractivity contribution is -0.121. The van der Waals surface area contributed by atoms with Gasteiger partial charge in [-0.3, -0.25) is 19.1 Å². The number of para-hydroxylation sites is 1. The third kappa shape index (κ3) is 7.24. The van der Waals surface area contributed by atoms with Gasteiger partial charge >= 0.3 is 0 Å². The van der Waals surface area contributed by atoms with E-state index in [9.17, 15) is 19.8 Å². The minimum Gasteiger partial charge on any atom is -0.504 e. The first-order valence-corrected chi connectivity index (χ1v) is 14.8. The highest BCUT2D eigenvalue weighted by Gasteiger charge is 2.30. The van der Waals surface area contributed by atoms with Crippen LogP contribution in [0.1, 0.15) is 52.5 Å². The predicted octanol–water partition coefficient (Wildman–Crippen LogP) is 3.88. The van der Waals surface area contributed by atoms with Crippen molar-refractivity contribution in [1.29, 1.82) is 0 Å². The number of nitrogens with one attached hydrogen (secondary N) is 2. The topological polar surface area (TPSA) is 160 Å². The van der Waals surface area contributed by atoms with Crippen molar-refractivity contribution in [3.05, 3.63) is 94.0 Å². The molecule has 3 aromatic carbocycles. The van der Waals surface area contributed by atoms with Crippen molar-refractivity contribution in [2.24, 2.45) is 4.99 Å². The van der Waals surface area contributed by atoms with Crippen molar-refractivity contribution in [3.63, 3.8) is 0 Å². The molecule has 2 heterocycles. The standard InChI is InChI=1S/C32H33ClN6O6/c1-3-34-28(41)18-25-31-38-37-19(2)39(31)26-12-11-22(17-24(26)29(36-25)20-7-9-21(33)10-8-20)45-16-15-44-14-13-35-32(43)23-5-4-6-27(40)30(23)42/h4-12,17,25,40,42H,3,13-16,18H2,1-2H3,(H,34,41)(H,35,43)/t25-/m0/s1. The Kier molecular flexibility index (Phi) is 9.95. The molecule has 0 bridgehead atoms. The number of benzene rings is 3. The summed E-state index contributed by atoms with van der Waals surface area (Å²) in [6.45, 7) is 5.14. The number of carbonyl (C=O) groups is 2. The third-order valence-electron chi connectivity index (χ3n) is 7.05. The van der Waals surface area contributed by atoms with E-state index >= 15 is 0 Å². The number of aryl methyl sites for hydroxylation is 1. The van der Waals surface area contributed by atoms with Gasteiger partial charge in [0.25, 0.3) is 5.91 Å². The van der Waals surface area contributed by atoms with Crippen LogP contribution in [0.2, 0.25) is 5.02 Å². The van der Waals surface area contributed by atoms with Gasteiger partial charge in [-0.2, -0.15) is 0 Å². The number of phenols is 2. The molecule has 12 nitrogen and oxygen atoms in total. The Bertz CT molecular complexity index is 1720. The summed E-state index contributed by atoms with van der Waals surface area (Å²) in [6, 6.07) is 16.6. The first-order valence-electron chi connectivity index (χ1n) is 14.4. The number of hydrogen-bond donors (Lipinski definition) is 4. The van der Waals surface area contributed by atoms with Gasteiger partial charge in [-0.05, 0) is 56.3 Å². The fraction of sp³-hybridized carbons (Fsp3) is 0.281. The Balaban J connectivity index is 1.29. The summed E-state index contributed by atoms with van der Waals surface area (Å²) in [7, 11) is 0. The van der Waals surface area contributed by atoms with E-state index in [-0.39, 0.29) is 50.0 Å². The quantitative estimate of drug-likeness (QED) is 0.135. The van der Waals surface area contributed by atoms with Gasteiger partial charge in [0.1, 0.15) is 24.2 Å². The van der Waals surface area contributed by atoms with Crippen molar-refractivity contribution in [3.8, 4) is 22.9 Å². The zero-order chi connectivity index (χ0) is 31.9. The summed E-state index contributed by atoms with van der Waals surface area (Å²) < 4.78 is 13.5. The highest BCUT2D eigenvalue weighted by Crippen LogP contribution is 2.34. The Labute approximate surface area is 264 Å². The van der Waals surface area contributed by atoms with Crippen molar-refractivity contribution >= 4 is 29.1 Å². The second-order valence-electron chi connectivity index (χ2n) is 10.2. The molecule has 13 heteroatoms. The molecule has 45 heavy (non-hydrogen) atoms. The molecule has 0 saturated carbocycles. The molecule has 1 aliphatic heterocycles. The van der Waals surface area contributed by atoms with E-state index in [1.165, 1.54) is 18.2 Å². The van der Waals surface area contributed by atoms with Crippen LogP contribution in [-0.2, 0) is 9.53 Å². The molecule has 1 aromatic heterocycles. The van der Waals surface area contributed by atoms with Crippen LogP contribution >= 0.6 is 11.6 Å². The lowest BCUT2D eigenvalue weighted by atomic mass is 10.00. The van der Waals surface area contributed by atoms with Crippen molar-refractivity contribution < 1.29 is 29.3 Å². The molecule has 4 aromatic rings. The van der Waals surface area contributed by atoms with Crippen LogP contribution in [0, 0.1) is 6.92 Å². The molecule has 4 N–H and O–H groups in total. The van der Waals surface area contributed by atoms with Gasteiger partial charge in [0.2, 0.25) is 5.91 Å². The minimum absolute atomic E-state index is 0.0209. The number of aliphatic imine (C=N–C) groups is 1. The van der Waals surface area contributed by atoms with Crippen molar-refractivity contribution in [2.45, 2.75) is 26.3 Å². The summed E-state index contributed by atoms with van der Waals surface area (Å²) >= 11 is 6.19. The third-order valence-corrected chi connectivity index (χ3v) is 7.31. The van der Waals surface area contributed by atoms with Gasteiger partial charge in [0.05, 0.1) is 36.6 Å². The number of phenolic OH excluding ortho intramolecular Hbond substituents is 2. The maximum atomic E-state index is 12.7. The zero-order valence-electron chi connectivity index (χ0n) is 24.8. The van der Waals surface area contributed by atoms with E-state index < -0.39 is 17.7 Å². The fourth-order valence-electron chi connectivity index (χ4n) is 4.95. The number of rotatable bonds is 12. The summed E-state index contributed by atoms with van der Waals surface area (Å²) in [5.74, 6) is 0.318. The SMILES string of the molecule is CCNC(=O)C[C@@H]1N=C(c2ccc(Cl)cc2)c2cc(OCCOCCNC(=O)c3cccc(O)c3O)ccc2-n2c(C)nnc21. The predicted molar refractivity (Wildman–Crippen MR) is 168 cm³/mol. The number of aromatic hydroxyl groups is 2. The van der Waals surface area contributed by atoms with E-state index in [1.54, 1.807) is 12.1 Å². The maximum Gasteiger partial charge on any atom is 0.255 e. The molecular weight excluding hydrogens is 600 g/mol. The van der Waals surface area contributed by atoms with E-state index in [0.717, 1.165) is 16.8 Å². The van der Waals surface area contributed by atoms with Gasteiger partial charge in [0.15, 0.2) is 17.3 Å². The molecule has 0 radical (unpaired) electrons. The molecule has 2 amide bonds.